The van der Waals surface area contributed by atoms with E-state index in [-0.39, 0.29) is 12.5 Å². The van der Waals surface area contributed by atoms with E-state index in [4.69, 9.17) is 4.74 Å². The summed E-state index contributed by atoms with van der Waals surface area (Å²) >= 11 is 0. The molecule has 0 aliphatic carbocycles. The number of aromatic nitrogens is 3. The molecule has 7 heteroatoms. The van der Waals surface area contributed by atoms with E-state index in [0.29, 0.717) is 36.6 Å². The molecule has 1 aromatic carbocycles. The minimum atomic E-state index is -0.141. The van der Waals surface area contributed by atoms with Crippen LogP contribution in [0, 0.1) is 0 Å². The Bertz CT molecular complexity index is 584. The Labute approximate surface area is 122 Å². The van der Waals surface area contributed by atoms with Crippen molar-refractivity contribution in [3.63, 3.8) is 0 Å². The summed E-state index contributed by atoms with van der Waals surface area (Å²) < 4.78 is 6.99. The van der Waals surface area contributed by atoms with Crippen LogP contribution < -0.4 is 10.1 Å². The van der Waals surface area contributed by atoms with E-state index in [1.165, 1.54) is 0 Å². The monoisotopic (exact) mass is 290 g/mol. The standard InChI is InChI=1S/C14H18N4O3/c1-2-21-13-4-3-12(9-11(13)10-19)16-14(20)5-7-18-8-6-15-17-18/h3-4,6,8-9,19H,2,5,7,10H2,1H3,(H,16,20). The number of nitrogens with one attached hydrogen (secondary N) is 1. The molecule has 1 aromatic heterocycles. The molecule has 2 aromatic rings. The molecule has 1 heterocycles. The highest BCUT2D eigenvalue weighted by molar-refractivity contribution is 5.90. The van der Waals surface area contributed by atoms with Crippen molar-refractivity contribution in [3.05, 3.63) is 36.2 Å². The summed E-state index contributed by atoms with van der Waals surface area (Å²) in [5.74, 6) is 0.499. The van der Waals surface area contributed by atoms with Crippen molar-refractivity contribution in [3.8, 4) is 5.75 Å². The smallest absolute Gasteiger partial charge is 0.226 e. The Balaban J connectivity index is 1.93. The molecule has 0 radical (unpaired) electrons. The number of aliphatic hydroxyl groups excluding tert-OH is 1. The molecule has 2 rings (SSSR count). The van der Waals surface area contributed by atoms with Gasteiger partial charge in [0.2, 0.25) is 5.91 Å². The van der Waals surface area contributed by atoms with Crippen LogP contribution in [-0.2, 0) is 17.9 Å². The number of aryl methyl sites for hydroxylation is 1. The maximum Gasteiger partial charge on any atom is 0.226 e. The van der Waals surface area contributed by atoms with Crippen LogP contribution >= 0.6 is 0 Å². The topological polar surface area (TPSA) is 89.3 Å². The third kappa shape index (κ3) is 4.28. The number of anilines is 1. The second kappa shape index (κ2) is 7.39. The Morgan fingerprint density at radius 2 is 2.33 bits per heavy atom. The predicted octanol–water partition coefficient (Wildman–Crippen LogP) is 1.20. The van der Waals surface area contributed by atoms with Crippen LogP contribution in [0.3, 0.4) is 0 Å². The number of carbonyl (C=O) groups is 1. The van der Waals surface area contributed by atoms with Crippen LogP contribution in [0.5, 0.6) is 5.75 Å². The zero-order valence-electron chi connectivity index (χ0n) is 11.8. The first-order chi connectivity index (χ1) is 10.2. The Kier molecular flexibility index (Phi) is 5.28. The first kappa shape index (κ1) is 15.0. The van der Waals surface area contributed by atoms with Crippen LogP contribution in [0.4, 0.5) is 5.69 Å². The number of benzene rings is 1. The number of rotatable bonds is 7. The zero-order chi connectivity index (χ0) is 15.1. The lowest BCUT2D eigenvalue weighted by Crippen LogP contribution is -2.15. The molecular weight excluding hydrogens is 272 g/mol. The van der Waals surface area contributed by atoms with Crippen molar-refractivity contribution in [2.45, 2.75) is 26.5 Å². The fraction of sp³-hybridized carbons (Fsp3) is 0.357. The number of hydrogen-bond donors (Lipinski definition) is 2. The van der Waals surface area contributed by atoms with Gasteiger partial charge in [-0.3, -0.25) is 9.48 Å². The van der Waals surface area contributed by atoms with E-state index in [1.807, 2.05) is 6.92 Å². The number of ether oxygens (including phenoxy) is 1. The molecule has 112 valence electrons. The zero-order valence-corrected chi connectivity index (χ0v) is 11.8. The summed E-state index contributed by atoms with van der Waals surface area (Å²) in [5, 5.41) is 19.6. The molecule has 0 atom stereocenters. The molecule has 1 amide bonds. The molecule has 7 nitrogen and oxygen atoms in total. The second-order valence-electron chi connectivity index (χ2n) is 4.38. The number of carbonyl (C=O) groups excluding carboxylic acids is 1. The van der Waals surface area contributed by atoms with Crippen molar-refractivity contribution in [1.82, 2.24) is 15.0 Å². The van der Waals surface area contributed by atoms with Gasteiger partial charge in [-0.05, 0) is 25.1 Å². The minimum Gasteiger partial charge on any atom is -0.494 e. The lowest BCUT2D eigenvalue weighted by Gasteiger charge is -2.11. The molecular formula is C14H18N4O3. The predicted molar refractivity (Wildman–Crippen MR) is 76.8 cm³/mol. The molecule has 0 saturated carbocycles. The molecule has 0 spiro atoms. The molecule has 0 fully saturated rings. The lowest BCUT2D eigenvalue weighted by atomic mass is 10.2. The maximum absolute atomic E-state index is 11.9. The summed E-state index contributed by atoms with van der Waals surface area (Å²) in [5.41, 5.74) is 1.28. The van der Waals surface area contributed by atoms with Gasteiger partial charge in [-0.1, -0.05) is 5.21 Å². The fourth-order valence-electron chi connectivity index (χ4n) is 1.87. The molecule has 21 heavy (non-hydrogen) atoms. The third-order valence-corrected chi connectivity index (χ3v) is 2.85. The molecule has 0 aliphatic heterocycles. The van der Waals surface area contributed by atoms with Gasteiger partial charge in [0.05, 0.1) is 26.0 Å². The normalized spacial score (nSPS) is 10.4. The summed E-state index contributed by atoms with van der Waals surface area (Å²) in [4.78, 5) is 11.9. The largest absolute Gasteiger partial charge is 0.494 e. The van der Waals surface area contributed by atoms with Crippen LogP contribution in [-0.4, -0.2) is 32.6 Å². The van der Waals surface area contributed by atoms with E-state index >= 15 is 0 Å². The summed E-state index contributed by atoms with van der Waals surface area (Å²) in [6, 6.07) is 5.19. The SMILES string of the molecule is CCOc1ccc(NC(=O)CCn2ccnn2)cc1CO. The van der Waals surface area contributed by atoms with Crippen molar-refractivity contribution in [1.29, 1.82) is 0 Å². The van der Waals surface area contributed by atoms with Gasteiger partial charge in [-0.25, -0.2) is 0 Å². The van der Waals surface area contributed by atoms with Crippen molar-refractivity contribution in [2.24, 2.45) is 0 Å². The van der Waals surface area contributed by atoms with Crippen LogP contribution in [0.2, 0.25) is 0 Å². The maximum atomic E-state index is 11.9. The lowest BCUT2D eigenvalue weighted by molar-refractivity contribution is -0.116. The van der Waals surface area contributed by atoms with Crippen molar-refractivity contribution in [2.75, 3.05) is 11.9 Å². The van der Waals surface area contributed by atoms with Crippen molar-refractivity contribution >= 4 is 11.6 Å². The van der Waals surface area contributed by atoms with E-state index in [1.54, 1.807) is 35.3 Å². The van der Waals surface area contributed by atoms with Crippen LogP contribution in [0.25, 0.3) is 0 Å². The first-order valence-corrected chi connectivity index (χ1v) is 6.73. The van der Waals surface area contributed by atoms with Gasteiger partial charge in [0, 0.05) is 23.9 Å². The van der Waals surface area contributed by atoms with Crippen LogP contribution in [0.1, 0.15) is 18.9 Å². The van der Waals surface area contributed by atoms with E-state index < -0.39 is 0 Å². The first-order valence-electron chi connectivity index (χ1n) is 6.73. The number of nitrogens with zero attached hydrogens (tertiary/aromatic N) is 3. The van der Waals surface area contributed by atoms with Gasteiger partial charge >= 0.3 is 0 Å². The van der Waals surface area contributed by atoms with E-state index in [0.717, 1.165) is 0 Å². The Morgan fingerprint density at radius 1 is 1.48 bits per heavy atom. The average molecular weight is 290 g/mol. The number of aliphatic hydroxyl groups is 1. The van der Waals surface area contributed by atoms with E-state index in [2.05, 4.69) is 15.6 Å². The Morgan fingerprint density at radius 3 is 3.00 bits per heavy atom. The summed E-state index contributed by atoms with van der Waals surface area (Å²) in [7, 11) is 0. The van der Waals surface area contributed by atoms with E-state index in [9.17, 15) is 9.90 Å². The Hall–Kier alpha value is -2.41. The second-order valence-corrected chi connectivity index (χ2v) is 4.38. The molecule has 0 aliphatic rings. The van der Waals surface area contributed by atoms with Gasteiger partial charge in [0.1, 0.15) is 5.75 Å². The average Bonchev–Trinajstić information content (AvgIpc) is 3.00. The highest BCUT2D eigenvalue weighted by atomic mass is 16.5. The van der Waals surface area contributed by atoms with Gasteiger partial charge in [-0.2, -0.15) is 0 Å². The van der Waals surface area contributed by atoms with Crippen molar-refractivity contribution < 1.29 is 14.6 Å². The number of hydrogen-bond acceptors (Lipinski definition) is 5. The molecule has 0 unspecified atom stereocenters. The third-order valence-electron chi connectivity index (χ3n) is 2.85. The minimum absolute atomic E-state index is 0.126. The van der Waals surface area contributed by atoms with Crippen LogP contribution in [0.15, 0.2) is 30.6 Å². The quantitative estimate of drug-likeness (QED) is 0.799. The summed E-state index contributed by atoms with van der Waals surface area (Å²) in [6.07, 6.45) is 3.57. The highest BCUT2D eigenvalue weighted by Crippen LogP contribution is 2.23. The fourth-order valence-corrected chi connectivity index (χ4v) is 1.87. The summed E-state index contributed by atoms with van der Waals surface area (Å²) in [6.45, 7) is 2.73. The number of amides is 1. The molecule has 0 saturated heterocycles. The van der Waals surface area contributed by atoms with Gasteiger partial charge in [0.15, 0.2) is 0 Å². The molecule has 2 N–H and O–H groups in total. The van der Waals surface area contributed by atoms with Gasteiger partial charge in [-0.15, -0.1) is 5.10 Å². The highest BCUT2D eigenvalue weighted by Gasteiger charge is 2.07. The van der Waals surface area contributed by atoms with Gasteiger partial charge < -0.3 is 15.2 Å². The molecule has 0 bridgehead atoms. The van der Waals surface area contributed by atoms with Gasteiger partial charge in [0.25, 0.3) is 0 Å².